The maximum Gasteiger partial charge on any atom is 0.194 e. The minimum absolute atomic E-state index is 0.0921. The third-order valence-corrected chi connectivity index (χ3v) is 9.87. The zero-order valence-corrected chi connectivity index (χ0v) is 25.4. The van der Waals surface area contributed by atoms with Crippen molar-refractivity contribution in [3.63, 3.8) is 0 Å². The highest BCUT2D eigenvalue weighted by molar-refractivity contribution is 7.16. The fourth-order valence-electron chi connectivity index (χ4n) is 6.52. The predicted octanol–water partition coefficient (Wildman–Crippen LogP) is 6.08. The number of likely N-dealkylation sites (tertiary alicyclic amines) is 1. The lowest BCUT2D eigenvalue weighted by Crippen LogP contribution is -2.62. The molecule has 0 atom stereocenters. The first-order valence-corrected chi connectivity index (χ1v) is 15.3. The van der Waals surface area contributed by atoms with E-state index in [-0.39, 0.29) is 45.4 Å². The second-order valence-corrected chi connectivity index (χ2v) is 14.2. The van der Waals surface area contributed by atoms with Crippen molar-refractivity contribution in [3.05, 3.63) is 64.4 Å². The molecule has 1 N–H and O–H groups in total. The molecule has 42 heavy (non-hydrogen) atoms. The molecule has 2 fully saturated rings. The van der Waals surface area contributed by atoms with E-state index >= 15 is 0 Å². The van der Waals surface area contributed by atoms with E-state index in [2.05, 4.69) is 33.9 Å². The molecule has 1 saturated carbocycles. The van der Waals surface area contributed by atoms with Gasteiger partial charge in [-0.25, -0.2) is 8.78 Å². The maximum absolute atomic E-state index is 14.3. The van der Waals surface area contributed by atoms with Crippen LogP contribution in [0.4, 0.5) is 8.78 Å². The number of carbonyl (C=O) groups excluding carboxylic acids is 2. The van der Waals surface area contributed by atoms with Crippen LogP contribution in [0.3, 0.4) is 0 Å². The third kappa shape index (κ3) is 6.82. The smallest absolute Gasteiger partial charge is 0.194 e. The number of nitrogens with zero attached hydrogens (tertiary/aromatic N) is 4. The number of halogens is 2. The molecule has 2 aliphatic rings. The predicted molar refractivity (Wildman–Crippen MR) is 157 cm³/mol. The molecule has 0 unspecified atom stereocenters. The van der Waals surface area contributed by atoms with Gasteiger partial charge in [0.15, 0.2) is 15.8 Å². The Morgan fingerprint density at radius 1 is 1.10 bits per heavy atom. The first kappa shape index (κ1) is 30.5. The topological polar surface area (TPSA) is 96.3 Å². The Morgan fingerprint density at radius 2 is 1.81 bits per heavy atom. The highest BCUT2D eigenvalue weighted by atomic mass is 32.1. The van der Waals surface area contributed by atoms with Crippen molar-refractivity contribution in [2.45, 2.75) is 89.7 Å². The molecule has 0 spiro atoms. The fraction of sp³-hybridized carbons (Fsp3) is 0.531. The Morgan fingerprint density at radius 3 is 2.48 bits per heavy atom. The van der Waals surface area contributed by atoms with Gasteiger partial charge < -0.3 is 5.11 Å². The first-order chi connectivity index (χ1) is 19.7. The number of Topliss-reactive ketones (excluding diaryl/α,β-unsaturated/α-hetero) is 2. The SMILES string of the molecule is Cc1cc(C(C)(C)CC(=O)CC2(CC(=O)c3nnc(-c4ccc(F)cc4F)s3)CN(C3CCC(C)(O)CC3)C2)ccn1. The summed E-state index contributed by atoms with van der Waals surface area (Å²) in [5.41, 5.74) is 0.475. The highest BCUT2D eigenvalue weighted by Gasteiger charge is 2.49. The van der Waals surface area contributed by atoms with E-state index in [1.807, 2.05) is 26.0 Å². The van der Waals surface area contributed by atoms with Gasteiger partial charge in [0.25, 0.3) is 0 Å². The molecule has 5 rings (SSSR count). The van der Waals surface area contributed by atoms with Crippen molar-refractivity contribution in [2.75, 3.05) is 13.1 Å². The Balaban J connectivity index is 1.31. The summed E-state index contributed by atoms with van der Waals surface area (Å²) in [6, 6.07) is 7.48. The normalized spacial score (nSPS) is 22.5. The summed E-state index contributed by atoms with van der Waals surface area (Å²) in [5, 5.41) is 18.8. The molecule has 7 nitrogen and oxygen atoms in total. The molecule has 1 aliphatic heterocycles. The number of aromatic nitrogens is 3. The van der Waals surface area contributed by atoms with Gasteiger partial charge in [0.05, 0.1) is 5.60 Å². The van der Waals surface area contributed by atoms with Gasteiger partial charge >= 0.3 is 0 Å². The van der Waals surface area contributed by atoms with E-state index in [0.717, 1.165) is 60.4 Å². The van der Waals surface area contributed by atoms with Crippen LogP contribution in [-0.4, -0.2) is 61.5 Å². The number of aryl methyl sites for hydroxylation is 1. The number of hydrogen-bond acceptors (Lipinski definition) is 8. The van der Waals surface area contributed by atoms with Crippen molar-refractivity contribution >= 4 is 22.9 Å². The molecule has 10 heteroatoms. The largest absolute Gasteiger partial charge is 0.390 e. The lowest BCUT2D eigenvalue weighted by Gasteiger charge is -2.54. The van der Waals surface area contributed by atoms with Crippen molar-refractivity contribution in [1.29, 1.82) is 0 Å². The van der Waals surface area contributed by atoms with Crippen LogP contribution in [0, 0.1) is 24.0 Å². The maximum atomic E-state index is 14.3. The summed E-state index contributed by atoms with van der Waals surface area (Å²) in [6.07, 6.45) is 5.71. The Hall–Kier alpha value is -2.95. The van der Waals surface area contributed by atoms with Gasteiger partial charge in [0.2, 0.25) is 0 Å². The summed E-state index contributed by atoms with van der Waals surface area (Å²) < 4.78 is 27.7. The van der Waals surface area contributed by atoms with Crippen LogP contribution in [-0.2, 0) is 10.2 Å². The van der Waals surface area contributed by atoms with Crippen LogP contribution in [0.5, 0.6) is 0 Å². The number of rotatable bonds is 10. The van der Waals surface area contributed by atoms with Gasteiger partial charge in [0, 0.05) is 67.3 Å². The van der Waals surface area contributed by atoms with Gasteiger partial charge in [-0.2, -0.15) is 0 Å². The van der Waals surface area contributed by atoms with Crippen molar-refractivity contribution in [3.8, 4) is 10.6 Å². The number of pyridine rings is 1. The summed E-state index contributed by atoms with van der Waals surface area (Å²) in [7, 11) is 0. The van der Waals surface area contributed by atoms with Crippen LogP contribution in [0.1, 0.15) is 86.8 Å². The molecule has 2 aromatic heterocycles. The van der Waals surface area contributed by atoms with E-state index in [4.69, 9.17) is 0 Å². The van der Waals surface area contributed by atoms with E-state index < -0.39 is 22.7 Å². The highest BCUT2D eigenvalue weighted by Crippen LogP contribution is 2.44. The van der Waals surface area contributed by atoms with E-state index in [1.54, 1.807) is 6.20 Å². The number of ketones is 2. The van der Waals surface area contributed by atoms with Crippen molar-refractivity contribution in [2.24, 2.45) is 5.41 Å². The minimum atomic E-state index is -0.764. The number of aliphatic hydroxyl groups is 1. The van der Waals surface area contributed by atoms with Crippen LogP contribution < -0.4 is 0 Å². The Kier molecular flexibility index (Phi) is 8.44. The van der Waals surface area contributed by atoms with Gasteiger partial charge in [0.1, 0.15) is 17.4 Å². The second-order valence-electron chi connectivity index (χ2n) is 13.2. The summed E-state index contributed by atoms with van der Waals surface area (Å²) in [6.45, 7) is 9.14. The molecule has 0 amide bonds. The number of benzene rings is 1. The number of carbonyl (C=O) groups is 2. The van der Waals surface area contributed by atoms with Gasteiger partial charge in [-0.3, -0.25) is 19.5 Å². The zero-order chi connectivity index (χ0) is 30.3. The molecule has 0 bridgehead atoms. The molecule has 0 radical (unpaired) electrons. The first-order valence-electron chi connectivity index (χ1n) is 14.5. The summed E-state index contributed by atoms with van der Waals surface area (Å²) >= 11 is 0.979. The molecule has 1 aromatic carbocycles. The third-order valence-electron chi connectivity index (χ3n) is 8.88. The molecule has 1 aliphatic carbocycles. The molecular weight excluding hydrogens is 558 g/mol. The van der Waals surface area contributed by atoms with Crippen LogP contribution >= 0.6 is 11.3 Å². The fourth-order valence-corrected chi connectivity index (χ4v) is 7.32. The van der Waals surface area contributed by atoms with Gasteiger partial charge in [-0.15, -0.1) is 10.2 Å². The molecule has 3 heterocycles. The monoisotopic (exact) mass is 596 g/mol. The van der Waals surface area contributed by atoms with Gasteiger partial charge in [-0.1, -0.05) is 25.2 Å². The van der Waals surface area contributed by atoms with E-state index in [1.165, 1.54) is 6.07 Å². The average molecular weight is 597 g/mol. The lowest BCUT2D eigenvalue weighted by molar-refractivity contribution is -0.128. The standard InChI is InChI=1S/C32H38F2N4O3S/c1-20-13-21(9-12-35-20)30(2,3)15-24(39)16-32(18-38(19-32)23-7-10-31(4,41)11-8-23)17-27(40)29-37-36-28(42-29)25-6-5-22(33)14-26(25)34/h5-6,9,12-14,23,41H,7-8,10-11,15-19H2,1-4H3. The Bertz CT molecular complexity index is 1470. The molecular formula is C32H38F2N4O3S. The van der Waals surface area contributed by atoms with Crippen LogP contribution in [0.15, 0.2) is 36.5 Å². The van der Waals surface area contributed by atoms with E-state index in [0.29, 0.717) is 25.6 Å². The summed E-state index contributed by atoms with van der Waals surface area (Å²) in [5.74, 6) is -1.59. The minimum Gasteiger partial charge on any atom is -0.390 e. The van der Waals surface area contributed by atoms with Gasteiger partial charge in [-0.05, 0) is 74.8 Å². The zero-order valence-electron chi connectivity index (χ0n) is 24.6. The van der Waals surface area contributed by atoms with E-state index in [9.17, 15) is 23.5 Å². The number of hydrogen-bond donors (Lipinski definition) is 1. The second kappa shape index (κ2) is 11.6. The van der Waals surface area contributed by atoms with Crippen LogP contribution in [0.2, 0.25) is 0 Å². The summed E-state index contributed by atoms with van der Waals surface area (Å²) in [4.78, 5) is 33.7. The van der Waals surface area contributed by atoms with Crippen LogP contribution in [0.25, 0.3) is 10.6 Å². The molecule has 1 saturated heterocycles. The average Bonchev–Trinajstić information content (AvgIpc) is 3.37. The quantitative estimate of drug-likeness (QED) is 0.283. The van der Waals surface area contributed by atoms with Crippen molar-refractivity contribution < 1.29 is 23.5 Å². The molecule has 224 valence electrons. The molecule has 3 aromatic rings. The lowest BCUT2D eigenvalue weighted by atomic mass is 9.68. The Labute approximate surface area is 249 Å². The van der Waals surface area contributed by atoms with Crippen molar-refractivity contribution in [1.82, 2.24) is 20.1 Å².